The number of rotatable bonds is 2. The lowest BCUT2D eigenvalue weighted by Gasteiger charge is -2.29. The van der Waals surface area contributed by atoms with Crippen LogP contribution in [-0.4, -0.2) is 53.4 Å². The predicted octanol–water partition coefficient (Wildman–Crippen LogP) is 3.37. The van der Waals surface area contributed by atoms with E-state index in [0.29, 0.717) is 19.7 Å². The highest BCUT2D eigenvalue weighted by atomic mass is 32.1. The summed E-state index contributed by atoms with van der Waals surface area (Å²) < 4.78 is 12.3. The fraction of sp³-hybridized carbons (Fsp3) is 0.600. The van der Waals surface area contributed by atoms with Crippen molar-refractivity contribution in [1.82, 2.24) is 9.88 Å². The summed E-state index contributed by atoms with van der Waals surface area (Å²) in [5.74, 6) is 0.937. The molecule has 4 rings (SSSR count). The standard InChI is InChI=1S/C20H28N4O3S/c1-20(2,3)27-19(25)24-9-4-5-13(21)14(11-24)22-18-23-17-12-8-10-26-15(12)6-7-16(17)28-18/h6-7,13-14H,4-5,8-11,21H2,1-3H3,(H,22,23)/t13-,14+/m0/s1. The van der Waals surface area contributed by atoms with Crippen LogP contribution in [0.25, 0.3) is 10.2 Å². The summed E-state index contributed by atoms with van der Waals surface area (Å²) in [6.45, 7) is 7.53. The van der Waals surface area contributed by atoms with Gasteiger partial charge in [0, 0.05) is 31.1 Å². The Kier molecular flexibility index (Phi) is 5.09. The summed E-state index contributed by atoms with van der Waals surface area (Å²) in [5, 5.41) is 4.33. The second-order valence-corrected chi connectivity index (χ2v) is 9.52. The maximum atomic E-state index is 12.5. The molecule has 2 aliphatic heterocycles. The van der Waals surface area contributed by atoms with E-state index in [9.17, 15) is 4.79 Å². The summed E-state index contributed by atoms with van der Waals surface area (Å²) in [7, 11) is 0. The number of nitrogens with two attached hydrogens (primary N) is 1. The van der Waals surface area contributed by atoms with Crippen molar-refractivity contribution in [1.29, 1.82) is 0 Å². The molecule has 0 unspecified atom stereocenters. The lowest BCUT2D eigenvalue weighted by molar-refractivity contribution is 0.0252. The zero-order valence-electron chi connectivity index (χ0n) is 16.7. The van der Waals surface area contributed by atoms with Gasteiger partial charge in [0.05, 0.1) is 22.9 Å². The fourth-order valence-electron chi connectivity index (χ4n) is 3.72. The summed E-state index contributed by atoms with van der Waals surface area (Å²) in [5.41, 5.74) is 8.10. The molecule has 0 saturated carbocycles. The molecule has 8 heteroatoms. The van der Waals surface area contributed by atoms with E-state index < -0.39 is 5.60 Å². The third-order valence-electron chi connectivity index (χ3n) is 5.09. The molecular weight excluding hydrogens is 376 g/mol. The lowest BCUT2D eigenvalue weighted by atomic mass is 10.1. The van der Waals surface area contributed by atoms with E-state index in [1.165, 1.54) is 5.56 Å². The van der Waals surface area contributed by atoms with Crippen molar-refractivity contribution in [3.8, 4) is 5.75 Å². The zero-order valence-corrected chi connectivity index (χ0v) is 17.5. The summed E-state index contributed by atoms with van der Waals surface area (Å²) in [6.07, 6.45) is 2.33. The van der Waals surface area contributed by atoms with Crippen molar-refractivity contribution in [2.75, 3.05) is 25.0 Å². The number of ether oxygens (including phenoxy) is 2. The van der Waals surface area contributed by atoms with Crippen molar-refractivity contribution >= 4 is 32.8 Å². The summed E-state index contributed by atoms with van der Waals surface area (Å²) in [4.78, 5) is 19.1. The molecule has 2 atom stereocenters. The Labute approximate surface area is 169 Å². The van der Waals surface area contributed by atoms with Crippen molar-refractivity contribution in [3.05, 3.63) is 17.7 Å². The van der Waals surface area contributed by atoms with Gasteiger partial charge < -0.3 is 25.4 Å². The van der Waals surface area contributed by atoms with E-state index in [0.717, 1.165) is 40.4 Å². The second-order valence-electron chi connectivity index (χ2n) is 8.49. The second kappa shape index (κ2) is 7.40. The average Bonchev–Trinajstić information content (AvgIpc) is 3.19. The highest BCUT2D eigenvalue weighted by molar-refractivity contribution is 7.22. The predicted molar refractivity (Wildman–Crippen MR) is 111 cm³/mol. The van der Waals surface area contributed by atoms with E-state index >= 15 is 0 Å². The number of nitrogens with zero attached hydrogens (tertiary/aromatic N) is 2. The Bertz CT molecular complexity index is 876. The van der Waals surface area contributed by atoms with E-state index in [-0.39, 0.29) is 18.2 Å². The molecule has 3 N–H and O–H groups in total. The number of nitrogens with one attached hydrogen (secondary N) is 1. The Morgan fingerprint density at radius 1 is 1.43 bits per heavy atom. The molecule has 28 heavy (non-hydrogen) atoms. The molecule has 3 heterocycles. The van der Waals surface area contributed by atoms with Crippen molar-refractivity contribution in [2.24, 2.45) is 5.73 Å². The fourth-order valence-corrected chi connectivity index (χ4v) is 4.68. The van der Waals surface area contributed by atoms with Crippen LogP contribution in [0.3, 0.4) is 0 Å². The molecule has 0 bridgehead atoms. The molecule has 1 amide bonds. The number of thiazole rings is 1. The topological polar surface area (TPSA) is 89.7 Å². The first-order valence-corrected chi connectivity index (χ1v) is 10.7. The highest BCUT2D eigenvalue weighted by Gasteiger charge is 2.30. The van der Waals surface area contributed by atoms with E-state index in [1.54, 1.807) is 16.2 Å². The quantitative estimate of drug-likeness (QED) is 0.798. The van der Waals surface area contributed by atoms with Gasteiger partial charge in [-0.1, -0.05) is 11.3 Å². The minimum atomic E-state index is -0.510. The summed E-state index contributed by atoms with van der Waals surface area (Å²) >= 11 is 1.62. The smallest absolute Gasteiger partial charge is 0.410 e. The number of likely N-dealkylation sites (tertiary alicyclic amines) is 1. The number of carbonyl (C=O) groups is 1. The van der Waals surface area contributed by atoms with Crippen LogP contribution in [0.1, 0.15) is 39.2 Å². The van der Waals surface area contributed by atoms with Gasteiger partial charge in [0.1, 0.15) is 11.4 Å². The first-order valence-electron chi connectivity index (χ1n) is 9.85. The van der Waals surface area contributed by atoms with Crippen LogP contribution in [0.4, 0.5) is 9.93 Å². The van der Waals surface area contributed by atoms with Crippen molar-refractivity contribution in [2.45, 2.75) is 57.7 Å². The van der Waals surface area contributed by atoms with Gasteiger partial charge in [0.15, 0.2) is 5.13 Å². The molecule has 2 aromatic rings. The molecule has 1 aromatic carbocycles. The Morgan fingerprint density at radius 2 is 2.25 bits per heavy atom. The normalized spacial score (nSPS) is 22.5. The van der Waals surface area contributed by atoms with Crippen LogP contribution in [0.5, 0.6) is 5.75 Å². The largest absolute Gasteiger partial charge is 0.493 e. The first-order chi connectivity index (χ1) is 13.3. The number of hydrogen-bond donors (Lipinski definition) is 2. The van der Waals surface area contributed by atoms with Crippen LogP contribution < -0.4 is 15.8 Å². The third kappa shape index (κ3) is 4.03. The number of hydrogen-bond acceptors (Lipinski definition) is 7. The molecule has 2 aliphatic rings. The number of aromatic nitrogens is 1. The molecular formula is C20H28N4O3S. The van der Waals surface area contributed by atoms with Gasteiger partial charge in [0.2, 0.25) is 0 Å². The van der Waals surface area contributed by atoms with Crippen LogP contribution in [0.15, 0.2) is 12.1 Å². The Morgan fingerprint density at radius 3 is 3.04 bits per heavy atom. The van der Waals surface area contributed by atoms with Crippen molar-refractivity contribution in [3.63, 3.8) is 0 Å². The Balaban J connectivity index is 1.52. The Hall–Kier alpha value is -2.06. The van der Waals surface area contributed by atoms with Crippen molar-refractivity contribution < 1.29 is 14.3 Å². The van der Waals surface area contributed by atoms with Crippen LogP contribution in [0.2, 0.25) is 0 Å². The monoisotopic (exact) mass is 404 g/mol. The lowest BCUT2D eigenvalue weighted by Crippen LogP contribution is -2.48. The molecule has 1 saturated heterocycles. The molecule has 0 aliphatic carbocycles. The maximum absolute atomic E-state index is 12.5. The third-order valence-corrected chi connectivity index (χ3v) is 6.04. The van der Waals surface area contributed by atoms with Gasteiger partial charge in [-0.15, -0.1) is 0 Å². The van der Waals surface area contributed by atoms with Crippen LogP contribution in [0, 0.1) is 0 Å². The van der Waals surface area contributed by atoms with Crippen LogP contribution in [-0.2, 0) is 11.2 Å². The number of anilines is 1. The minimum absolute atomic E-state index is 0.0477. The minimum Gasteiger partial charge on any atom is -0.493 e. The van der Waals surface area contributed by atoms with E-state index in [1.807, 2.05) is 26.8 Å². The number of amides is 1. The first kappa shape index (κ1) is 19.3. The van der Waals surface area contributed by atoms with Gasteiger partial charge in [-0.05, 0) is 45.7 Å². The molecule has 0 radical (unpaired) electrons. The van der Waals surface area contributed by atoms with Gasteiger partial charge in [-0.3, -0.25) is 0 Å². The molecule has 1 aromatic heterocycles. The van der Waals surface area contributed by atoms with Gasteiger partial charge >= 0.3 is 6.09 Å². The van der Waals surface area contributed by atoms with Crippen LogP contribution >= 0.6 is 11.3 Å². The molecule has 7 nitrogen and oxygen atoms in total. The average molecular weight is 405 g/mol. The maximum Gasteiger partial charge on any atom is 0.410 e. The molecule has 152 valence electrons. The van der Waals surface area contributed by atoms with Gasteiger partial charge in [0.25, 0.3) is 0 Å². The number of benzene rings is 1. The highest BCUT2D eigenvalue weighted by Crippen LogP contribution is 2.36. The molecule has 1 fully saturated rings. The van der Waals surface area contributed by atoms with E-state index in [2.05, 4.69) is 11.4 Å². The van der Waals surface area contributed by atoms with Gasteiger partial charge in [-0.2, -0.15) is 0 Å². The van der Waals surface area contributed by atoms with E-state index in [4.69, 9.17) is 20.2 Å². The molecule has 0 spiro atoms. The number of fused-ring (bicyclic) bond motifs is 3. The summed E-state index contributed by atoms with van der Waals surface area (Å²) in [6, 6.07) is 3.96. The zero-order chi connectivity index (χ0) is 19.9. The van der Waals surface area contributed by atoms with Gasteiger partial charge in [-0.25, -0.2) is 9.78 Å². The number of carbonyl (C=O) groups excluding carboxylic acids is 1. The SMILES string of the molecule is CC(C)(C)OC(=O)N1CCC[C@H](N)[C@H](Nc2nc3c4c(ccc3s2)OCC4)C1.